The highest BCUT2D eigenvalue weighted by Gasteiger charge is 2.18. The molecule has 1 heterocycles. The van der Waals surface area contributed by atoms with Gasteiger partial charge in [-0.15, -0.1) is 0 Å². The van der Waals surface area contributed by atoms with Crippen LogP contribution in [0.2, 0.25) is 0 Å². The second-order valence-electron chi connectivity index (χ2n) is 4.91. The minimum absolute atomic E-state index is 0.0553. The summed E-state index contributed by atoms with van der Waals surface area (Å²) in [6.45, 7) is 1.97. The third-order valence-corrected chi connectivity index (χ3v) is 3.46. The zero-order valence-corrected chi connectivity index (χ0v) is 10.9. The lowest BCUT2D eigenvalue weighted by molar-refractivity contribution is 0.102. The van der Waals surface area contributed by atoms with Crippen LogP contribution in [0, 0.1) is 6.92 Å². The fourth-order valence-electron chi connectivity index (χ4n) is 2.58. The number of carbonyl (C=O) groups excluding carboxylic acids is 1. The summed E-state index contributed by atoms with van der Waals surface area (Å²) in [5.41, 5.74) is 4.92. The normalized spacial score (nSPS) is 13.1. The molecule has 0 saturated carbocycles. The first-order valence-electron chi connectivity index (χ1n) is 6.60. The van der Waals surface area contributed by atoms with Crippen molar-refractivity contribution in [3.05, 3.63) is 58.9 Å². The van der Waals surface area contributed by atoms with Gasteiger partial charge < -0.3 is 5.32 Å². The van der Waals surface area contributed by atoms with Gasteiger partial charge in [0.2, 0.25) is 0 Å². The number of aromatic nitrogens is 1. The monoisotopic (exact) mass is 252 g/mol. The number of aryl methyl sites for hydroxylation is 2. The maximum atomic E-state index is 12.2. The molecule has 0 fully saturated rings. The van der Waals surface area contributed by atoms with Crippen molar-refractivity contribution in [2.24, 2.45) is 0 Å². The maximum Gasteiger partial charge on any atom is 0.255 e. The van der Waals surface area contributed by atoms with Crippen LogP contribution in [-0.2, 0) is 12.8 Å². The van der Waals surface area contributed by atoms with E-state index in [0.717, 1.165) is 36.3 Å². The van der Waals surface area contributed by atoms with Gasteiger partial charge in [0.25, 0.3) is 5.91 Å². The summed E-state index contributed by atoms with van der Waals surface area (Å²) in [5, 5.41) is 3.02. The van der Waals surface area contributed by atoms with Crippen LogP contribution >= 0.6 is 0 Å². The molecule has 1 aromatic heterocycles. The molecule has 96 valence electrons. The van der Waals surface area contributed by atoms with Gasteiger partial charge in [-0.1, -0.05) is 18.2 Å². The van der Waals surface area contributed by atoms with Crippen molar-refractivity contribution in [1.82, 2.24) is 4.98 Å². The van der Waals surface area contributed by atoms with Gasteiger partial charge >= 0.3 is 0 Å². The van der Waals surface area contributed by atoms with Crippen LogP contribution < -0.4 is 5.32 Å². The molecule has 0 saturated heterocycles. The van der Waals surface area contributed by atoms with Gasteiger partial charge in [-0.25, -0.2) is 0 Å². The Morgan fingerprint density at radius 3 is 2.79 bits per heavy atom. The van der Waals surface area contributed by atoms with E-state index in [9.17, 15) is 4.79 Å². The summed E-state index contributed by atoms with van der Waals surface area (Å²) >= 11 is 0. The molecule has 0 aliphatic heterocycles. The quantitative estimate of drug-likeness (QED) is 0.892. The first-order valence-corrected chi connectivity index (χ1v) is 6.60. The van der Waals surface area contributed by atoms with Crippen LogP contribution in [0.3, 0.4) is 0 Å². The summed E-state index contributed by atoms with van der Waals surface area (Å²) in [5.74, 6) is -0.0553. The summed E-state index contributed by atoms with van der Waals surface area (Å²) in [6, 6.07) is 11.3. The molecule has 2 aromatic rings. The van der Waals surface area contributed by atoms with E-state index in [2.05, 4.69) is 10.3 Å². The molecule has 3 rings (SSSR count). The number of rotatable bonds is 2. The highest BCUT2D eigenvalue weighted by Crippen LogP contribution is 2.28. The second kappa shape index (κ2) is 4.84. The average molecular weight is 252 g/mol. The number of hydrogen-bond donors (Lipinski definition) is 1. The Balaban J connectivity index is 1.90. The fourth-order valence-corrected chi connectivity index (χ4v) is 2.58. The number of nitrogens with zero attached hydrogens (tertiary/aromatic N) is 1. The lowest BCUT2D eigenvalue weighted by Crippen LogP contribution is -2.13. The maximum absolute atomic E-state index is 12.2. The van der Waals surface area contributed by atoms with E-state index in [4.69, 9.17) is 0 Å². The first-order chi connectivity index (χ1) is 9.24. The minimum atomic E-state index is -0.0553. The van der Waals surface area contributed by atoms with Gasteiger partial charge in [0.05, 0.1) is 0 Å². The summed E-state index contributed by atoms with van der Waals surface area (Å²) < 4.78 is 0. The molecule has 1 aliphatic rings. The van der Waals surface area contributed by atoms with Crippen molar-refractivity contribution >= 4 is 11.6 Å². The predicted molar refractivity (Wildman–Crippen MR) is 75.4 cm³/mol. The largest absolute Gasteiger partial charge is 0.322 e. The van der Waals surface area contributed by atoms with Crippen LogP contribution in [0.4, 0.5) is 5.69 Å². The summed E-state index contributed by atoms with van der Waals surface area (Å²) in [4.78, 5) is 16.7. The molecule has 1 aromatic carbocycles. The Kier molecular flexibility index (Phi) is 3.03. The zero-order chi connectivity index (χ0) is 13.2. The van der Waals surface area contributed by atoms with Crippen LogP contribution in [0.25, 0.3) is 0 Å². The molecule has 0 bridgehead atoms. The van der Waals surface area contributed by atoms with E-state index < -0.39 is 0 Å². The molecule has 3 heteroatoms. The molecule has 19 heavy (non-hydrogen) atoms. The highest BCUT2D eigenvalue weighted by atomic mass is 16.1. The van der Waals surface area contributed by atoms with E-state index >= 15 is 0 Å². The Morgan fingerprint density at radius 2 is 2.00 bits per heavy atom. The van der Waals surface area contributed by atoms with Crippen molar-refractivity contribution in [3.63, 3.8) is 0 Å². The minimum Gasteiger partial charge on any atom is -0.322 e. The topological polar surface area (TPSA) is 42.0 Å². The molecular formula is C16H16N2O. The standard InChI is InChI=1S/C16H16N2O/c1-11-10-15(13-8-5-9-14(13)17-11)18-16(19)12-6-3-2-4-7-12/h2-4,6-7,10H,5,8-9H2,1H3,(H,17,18,19). The van der Waals surface area contributed by atoms with Crippen LogP contribution in [0.15, 0.2) is 36.4 Å². The number of benzene rings is 1. The first kappa shape index (κ1) is 11.9. The Bertz CT molecular complexity index is 620. The molecule has 3 nitrogen and oxygen atoms in total. The number of hydrogen-bond acceptors (Lipinski definition) is 2. The SMILES string of the molecule is Cc1cc(NC(=O)c2ccccc2)c2c(n1)CCC2. The lowest BCUT2D eigenvalue weighted by Gasteiger charge is -2.11. The molecule has 1 aliphatic carbocycles. The number of carbonyl (C=O) groups is 1. The molecule has 1 N–H and O–H groups in total. The number of nitrogens with one attached hydrogen (secondary N) is 1. The molecule has 0 radical (unpaired) electrons. The molecule has 0 spiro atoms. The summed E-state index contributed by atoms with van der Waals surface area (Å²) in [7, 11) is 0. The third-order valence-electron chi connectivity index (χ3n) is 3.46. The van der Waals surface area contributed by atoms with E-state index in [1.807, 2.05) is 43.3 Å². The van der Waals surface area contributed by atoms with Crippen molar-refractivity contribution in [3.8, 4) is 0 Å². The lowest BCUT2D eigenvalue weighted by atomic mass is 10.1. The van der Waals surface area contributed by atoms with Crippen molar-refractivity contribution in [2.45, 2.75) is 26.2 Å². The molecule has 0 unspecified atom stereocenters. The number of anilines is 1. The zero-order valence-electron chi connectivity index (χ0n) is 10.9. The van der Waals surface area contributed by atoms with Crippen LogP contribution in [-0.4, -0.2) is 10.9 Å². The highest BCUT2D eigenvalue weighted by molar-refractivity contribution is 6.04. The smallest absolute Gasteiger partial charge is 0.255 e. The molecule has 1 amide bonds. The Labute approximate surface area is 112 Å². The fraction of sp³-hybridized carbons (Fsp3) is 0.250. The van der Waals surface area contributed by atoms with Gasteiger partial charge in [-0.05, 0) is 49.9 Å². The van der Waals surface area contributed by atoms with Crippen LogP contribution in [0.1, 0.15) is 33.7 Å². The number of fused-ring (bicyclic) bond motifs is 1. The average Bonchev–Trinajstić information content (AvgIpc) is 2.88. The van der Waals surface area contributed by atoms with E-state index in [-0.39, 0.29) is 5.91 Å². The molecular weight excluding hydrogens is 236 g/mol. The van der Waals surface area contributed by atoms with Gasteiger partial charge in [0.1, 0.15) is 0 Å². The van der Waals surface area contributed by atoms with Crippen molar-refractivity contribution in [2.75, 3.05) is 5.32 Å². The Hall–Kier alpha value is -2.16. The molecule has 0 atom stereocenters. The summed E-state index contributed by atoms with van der Waals surface area (Å²) in [6.07, 6.45) is 3.15. The van der Waals surface area contributed by atoms with Gasteiger partial charge in [0.15, 0.2) is 0 Å². The van der Waals surface area contributed by atoms with Crippen molar-refractivity contribution in [1.29, 1.82) is 0 Å². The van der Waals surface area contributed by atoms with Gasteiger partial charge in [-0.3, -0.25) is 9.78 Å². The predicted octanol–water partition coefficient (Wildman–Crippen LogP) is 3.13. The number of pyridine rings is 1. The van der Waals surface area contributed by atoms with Crippen LogP contribution in [0.5, 0.6) is 0 Å². The third kappa shape index (κ3) is 2.36. The van der Waals surface area contributed by atoms with E-state index in [1.165, 1.54) is 5.56 Å². The van der Waals surface area contributed by atoms with Crippen molar-refractivity contribution < 1.29 is 4.79 Å². The van der Waals surface area contributed by atoms with E-state index in [1.54, 1.807) is 0 Å². The van der Waals surface area contributed by atoms with Gasteiger partial charge in [0, 0.05) is 22.6 Å². The second-order valence-corrected chi connectivity index (χ2v) is 4.91. The van der Waals surface area contributed by atoms with E-state index in [0.29, 0.717) is 5.56 Å². The van der Waals surface area contributed by atoms with Gasteiger partial charge in [-0.2, -0.15) is 0 Å². The Morgan fingerprint density at radius 1 is 1.21 bits per heavy atom. The number of amides is 1.